The van der Waals surface area contributed by atoms with Gasteiger partial charge in [0.15, 0.2) is 0 Å². The van der Waals surface area contributed by atoms with Gasteiger partial charge in [-0.15, -0.1) is 0 Å². The molecule has 1 heterocycles. The molecule has 21 heavy (non-hydrogen) atoms. The molecule has 0 spiro atoms. The van der Waals surface area contributed by atoms with Gasteiger partial charge in [-0.3, -0.25) is 4.79 Å². The monoisotopic (exact) mass is 287 g/mol. The quantitative estimate of drug-likeness (QED) is 0.840. The summed E-state index contributed by atoms with van der Waals surface area (Å²) in [4.78, 5) is 14.8. The summed E-state index contributed by atoms with van der Waals surface area (Å²) >= 11 is 0. The van der Waals surface area contributed by atoms with Gasteiger partial charge in [0.1, 0.15) is 0 Å². The summed E-state index contributed by atoms with van der Waals surface area (Å²) < 4.78 is 0. The fourth-order valence-corrected chi connectivity index (χ4v) is 3.94. The average molecular weight is 287 g/mol. The molecule has 1 amide bonds. The van der Waals surface area contributed by atoms with E-state index in [2.05, 4.69) is 10.2 Å². The van der Waals surface area contributed by atoms with Crippen LogP contribution in [0, 0.1) is 5.92 Å². The van der Waals surface area contributed by atoms with Crippen LogP contribution in [0.15, 0.2) is 18.2 Å². The molecule has 4 nitrogen and oxygen atoms in total. The van der Waals surface area contributed by atoms with Gasteiger partial charge in [-0.1, -0.05) is 12.8 Å². The molecule has 2 aliphatic rings. The van der Waals surface area contributed by atoms with Crippen LogP contribution < -0.4 is 16.0 Å². The Balaban J connectivity index is 1.93. The maximum atomic E-state index is 12.3. The SMILES string of the molecule is CCNC(=O)c1ccc(N)cc1N1CCC2CCCCC21. The van der Waals surface area contributed by atoms with Gasteiger partial charge in [0.25, 0.3) is 5.91 Å². The molecule has 2 atom stereocenters. The number of benzene rings is 1. The van der Waals surface area contributed by atoms with Gasteiger partial charge in [-0.2, -0.15) is 0 Å². The molecule has 1 aromatic rings. The molecule has 3 rings (SSSR count). The number of carbonyl (C=O) groups is 1. The standard InChI is InChI=1S/C17H25N3O/c1-2-19-17(21)14-8-7-13(18)11-16(14)20-10-9-12-5-3-4-6-15(12)20/h7-8,11-12,15H,2-6,9-10,18H2,1H3,(H,19,21). The zero-order chi connectivity index (χ0) is 14.8. The van der Waals surface area contributed by atoms with Crippen molar-refractivity contribution < 1.29 is 4.79 Å². The number of hydrogen-bond acceptors (Lipinski definition) is 3. The van der Waals surface area contributed by atoms with Crippen molar-refractivity contribution in [1.29, 1.82) is 0 Å². The van der Waals surface area contributed by atoms with Gasteiger partial charge in [-0.05, 0) is 50.3 Å². The lowest BCUT2D eigenvalue weighted by atomic mass is 9.85. The van der Waals surface area contributed by atoms with Gasteiger partial charge < -0.3 is 16.0 Å². The number of nitrogens with one attached hydrogen (secondary N) is 1. The predicted octanol–water partition coefficient (Wildman–Crippen LogP) is 2.79. The van der Waals surface area contributed by atoms with E-state index in [4.69, 9.17) is 5.73 Å². The fourth-order valence-electron chi connectivity index (χ4n) is 3.94. The lowest BCUT2D eigenvalue weighted by molar-refractivity contribution is 0.0956. The third-order valence-corrected chi connectivity index (χ3v) is 4.92. The van der Waals surface area contributed by atoms with Crippen molar-refractivity contribution in [3.05, 3.63) is 23.8 Å². The van der Waals surface area contributed by atoms with E-state index >= 15 is 0 Å². The van der Waals surface area contributed by atoms with Crippen LogP contribution in [-0.4, -0.2) is 25.0 Å². The first-order valence-electron chi connectivity index (χ1n) is 8.15. The minimum atomic E-state index is 0.00626. The molecular formula is C17H25N3O. The molecule has 1 aliphatic carbocycles. The van der Waals surface area contributed by atoms with E-state index in [1.807, 2.05) is 25.1 Å². The Hall–Kier alpha value is -1.71. The third kappa shape index (κ3) is 2.71. The second kappa shape index (κ2) is 5.96. The zero-order valence-electron chi connectivity index (χ0n) is 12.8. The van der Waals surface area contributed by atoms with Crippen molar-refractivity contribution in [2.45, 2.75) is 45.1 Å². The highest BCUT2D eigenvalue weighted by Gasteiger charge is 2.37. The number of nitrogen functional groups attached to an aromatic ring is 1. The van der Waals surface area contributed by atoms with Crippen molar-refractivity contribution in [2.24, 2.45) is 5.92 Å². The zero-order valence-corrected chi connectivity index (χ0v) is 12.8. The maximum Gasteiger partial charge on any atom is 0.253 e. The van der Waals surface area contributed by atoms with Crippen LogP contribution in [0.3, 0.4) is 0 Å². The highest BCUT2D eigenvalue weighted by molar-refractivity contribution is 6.00. The number of amides is 1. The summed E-state index contributed by atoms with van der Waals surface area (Å²) in [6, 6.07) is 6.25. The van der Waals surface area contributed by atoms with E-state index in [1.54, 1.807) is 0 Å². The van der Waals surface area contributed by atoms with Crippen molar-refractivity contribution in [1.82, 2.24) is 5.32 Å². The maximum absolute atomic E-state index is 12.3. The molecule has 1 aliphatic heterocycles. The molecule has 0 aromatic heterocycles. The van der Waals surface area contributed by atoms with E-state index in [0.717, 1.165) is 29.4 Å². The molecule has 2 unspecified atom stereocenters. The fraction of sp³-hybridized carbons (Fsp3) is 0.588. The molecule has 3 N–H and O–H groups in total. The highest BCUT2D eigenvalue weighted by Crippen LogP contribution is 2.40. The van der Waals surface area contributed by atoms with Crippen molar-refractivity contribution in [3.63, 3.8) is 0 Å². The molecule has 0 radical (unpaired) electrons. The molecule has 0 bridgehead atoms. The van der Waals surface area contributed by atoms with Gasteiger partial charge >= 0.3 is 0 Å². The largest absolute Gasteiger partial charge is 0.399 e. The molecule has 114 valence electrons. The lowest BCUT2D eigenvalue weighted by Crippen LogP contribution is -2.36. The van der Waals surface area contributed by atoms with Gasteiger partial charge in [0, 0.05) is 24.8 Å². The molecule has 1 saturated heterocycles. The van der Waals surface area contributed by atoms with Gasteiger partial charge in [-0.25, -0.2) is 0 Å². The first-order valence-corrected chi connectivity index (χ1v) is 8.15. The molecule has 2 fully saturated rings. The topological polar surface area (TPSA) is 58.4 Å². The number of rotatable bonds is 3. The van der Waals surface area contributed by atoms with Crippen LogP contribution in [0.5, 0.6) is 0 Å². The number of hydrogen-bond donors (Lipinski definition) is 2. The van der Waals surface area contributed by atoms with Crippen LogP contribution in [0.25, 0.3) is 0 Å². The number of carbonyl (C=O) groups excluding carboxylic acids is 1. The Morgan fingerprint density at radius 2 is 2.14 bits per heavy atom. The lowest BCUT2D eigenvalue weighted by Gasteiger charge is -2.34. The van der Waals surface area contributed by atoms with Gasteiger partial charge in [0.05, 0.1) is 11.3 Å². The summed E-state index contributed by atoms with van der Waals surface area (Å²) in [5.41, 5.74) is 8.50. The summed E-state index contributed by atoms with van der Waals surface area (Å²) in [5, 5.41) is 2.91. The van der Waals surface area contributed by atoms with Crippen LogP contribution >= 0.6 is 0 Å². The second-order valence-electron chi connectivity index (χ2n) is 6.23. The Morgan fingerprint density at radius 3 is 2.95 bits per heavy atom. The van der Waals surface area contributed by atoms with Crippen molar-refractivity contribution in [3.8, 4) is 0 Å². The van der Waals surface area contributed by atoms with Crippen LogP contribution in [0.1, 0.15) is 49.4 Å². The number of fused-ring (bicyclic) bond motifs is 1. The minimum Gasteiger partial charge on any atom is -0.399 e. The first-order chi connectivity index (χ1) is 10.2. The summed E-state index contributed by atoms with van der Waals surface area (Å²) in [5.74, 6) is 0.800. The Bertz CT molecular complexity index is 529. The van der Waals surface area contributed by atoms with Crippen LogP contribution in [-0.2, 0) is 0 Å². The molecule has 1 saturated carbocycles. The number of anilines is 2. The third-order valence-electron chi connectivity index (χ3n) is 4.92. The van der Waals surface area contributed by atoms with E-state index in [9.17, 15) is 4.79 Å². The molecule has 4 heteroatoms. The molecule has 1 aromatic carbocycles. The van der Waals surface area contributed by atoms with Crippen LogP contribution in [0.2, 0.25) is 0 Å². The summed E-state index contributed by atoms with van der Waals surface area (Å²) in [7, 11) is 0. The van der Waals surface area contributed by atoms with Crippen molar-refractivity contribution >= 4 is 17.3 Å². The number of nitrogens with zero attached hydrogens (tertiary/aromatic N) is 1. The van der Waals surface area contributed by atoms with Gasteiger partial charge in [0.2, 0.25) is 0 Å². The Morgan fingerprint density at radius 1 is 1.33 bits per heavy atom. The van der Waals surface area contributed by atoms with E-state index < -0.39 is 0 Å². The predicted molar refractivity (Wildman–Crippen MR) is 86.6 cm³/mol. The first kappa shape index (κ1) is 14.2. The van der Waals surface area contributed by atoms with E-state index in [1.165, 1.54) is 32.1 Å². The minimum absolute atomic E-state index is 0.00626. The average Bonchev–Trinajstić information content (AvgIpc) is 2.91. The van der Waals surface area contributed by atoms with Crippen LogP contribution in [0.4, 0.5) is 11.4 Å². The van der Waals surface area contributed by atoms with Crippen molar-refractivity contribution in [2.75, 3.05) is 23.7 Å². The smallest absolute Gasteiger partial charge is 0.253 e. The van der Waals surface area contributed by atoms with E-state index in [0.29, 0.717) is 12.6 Å². The van der Waals surface area contributed by atoms with E-state index in [-0.39, 0.29) is 5.91 Å². The number of nitrogens with two attached hydrogens (primary N) is 1. The Kier molecular flexibility index (Phi) is 4.04. The highest BCUT2D eigenvalue weighted by atomic mass is 16.1. The second-order valence-corrected chi connectivity index (χ2v) is 6.23. The summed E-state index contributed by atoms with van der Waals surface area (Å²) in [6.07, 6.45) is 6.48. The Labute approximate surface area is 126 Å². The summed E-state index contributed by atoms with van der Waals surface area (Å²) in [6.45, 7) is 3.64. The molecular weight excluding hydrogens is 262 g/mol. The normalized spacial score (nSPS) is 24.7.